The van der Waals surface area contributed by atoms with Crippen molar-refractivity contribution in [1.29, 1.82) is 0 Å². The lowest BCUT2D eigenvalue weighted by molar-refractivity contribution is -0.182. The molecule has 0 radical (unpaired) electrons. The van der Waals surface area contributed by atoms with Crippen molar-refractivity contribution in [3.05, 3.63) is 52.6 Å². The Morgan fingerprint density at radius 1 is 1.05 bits per heavy atom. The van der Waals surface area contributed by atoms with Crippen LogP contribution in [0.3, 0.4) is 0 Å². The van der Waals surface area contributed by atoms with E-state index in [1.165, 1.54) is 29.2 Å². The van der Waals surface area contributed by atoms with E-state index < -0.39 is 11.0 Å². The van der Waals surface area contributed by atoms with Gasteiger partial charge in [-0.05, 0) is 105 Å². The van der Waals surface area contributed by atoms with Crippen molar-refractivity contribution in [3.63, 3.8) is 0 Å². The number of allylic oxidation sites excluding steroid dienone is 4. The summed E-state index contributed by atoms with van der Waals surface area (Å²) in [5, 5.41) is 0. The number of fused-ring (bicyclic) bond motifs is 4. The smallest absolute Gasteiger partial charge is 0.303 e. The average Bonchev–Trinajstić information content (AvgIpc) is 3.24. The molecule has 1 aromatic rings. The van der Waals surface area contributed by atoms with E-state index in [1.54, 1.807) is 6.92 Å². The second-order valence-electron chi connectivity index (χ2n) is 13.0. The first-order chi connectivity index (χ1) is 19.6. The molecular formula is C35H45NO5. The number of ketones is 2. The van der Waals surface area contributed by atoms with Gasteiger partial charge in [0.15, 0.2) is 17.2 Å². The molecule has 0 N–H and O–H groups in total. The van der Waals surface area contributed by atoms with E-state index in [-0.39, 0.29) is 29.4 Å². The maximum Gasteiger partial charge on any atom is 0.303 e. The number of hydrogen-bond donors (Lipinski definition) is 0. The molecule has 0 heterocycles. The van der Waals surface area contributed by atoms with E-state index in [2.05, 4.69) is 43.1 Å². The summed E-state index contributed by atoms with van der Waals surface area (Å²) in [6.07, 6.45) is 11.9. The third kappa shape index (κ3) is 5.23. The molecule has 1 aromatic carbocycles. The number of hydrogen-bond acceptors (Lipinski definition) is 6. The van der Waals surface area contributed by atoms with Crippen LogP contribution >= 0.6 is 0 Å². The first-order valence-electron chi connectivity index (χ1n) is 15.5. The summed E-state index contributed by atoms with van der Waals surface area (Å²) in [5.41, 5.74) is 4.87. The molecule has 6 heteroatoms. The number of nitrogens with zero attached hydrogens (tertiary/aromatic N) is 1. The Bertz CT molecular complexity index is 1280. The lowest BCUT2D eigenvalue weighted by Crippen LogP contribution is -2.57. The van der Waals surface area contributed by atoms with Gasteiger partial charge in [0.1, 0.15) is 6.29 Å². The predicted molar refractivity (Wildman–Crippen MR) is 160 cm³/mol. The Labute approximate surface area is 244 Å². The number of esters is 1. The number of carbonyl (C=O) groups excluding carboxylic acids is 4. The minimum Gasteiger partial charge on any atom is -0.451 e. The summed E-state index contributed by atoms with van der Waals surface area (Å²) in [5.74, 6) is 0.462. The largest absolute Gasteiger partial charge is 0.451 e. The highest BCUT2D eigenvalue weighted by atomic mass is 16.6. The fourth-order valence-corrected chi connectivity index (χ4v) is 8.85. The van der Waals surface area contributed by atoms with Gasteiger partial charge in [-0.25, -0.2) is 0 Å². The highest BCUT2D eigenvalue weighted by Crippen LogP contribution is 2.67. The zero-order valence-electron chi connectivity index (χ0n) is 25.2. The molecule has 0 saturated heterocycles. The van der Waals surface area contributed by atoms with Gasteiger partial charge in [0.2, 0.25) is 0 Å². The summed E-state index contributed by atoms with van der Waals surface area (Å²) in [7, 11) is 2.11. The number of anilines is 1. The third-order valence-electron chi connectivity index (χ3n) is 10.8. The topological polar surface area (TPSA) is 80.8 Å². The second-order valence-corrected chi connectivity index (χ2v) is 13.0. The molecule has 0 aromatic heterocycles. The fraction of sp³-hybridized carbons (Fsp3) is 0.600. The molecule has 5 rings (SSSR count). The van der Waals surface area contributed by atoms with Crippen LogP contribution in [-0.4, -0.2) is 43.0 Å². The highest BCUT2D eigenvalue weighted by molar-refractivity contribution is 5.93. The number of aldehydes is 1. The van der Waals surface area contributed by atoms with Crippen LogP contribution in [0.1, 0.15) is 103 Å². The van der Waals surface area contributed by atoms with Crippen LogP contribution < -0.4 is 4.90 Å². The molecule has 0 bridgehead atoms. The molecular weight excluding hydrogens is 514 g/mol. The van der Waals surface area contributed by atoms with Crippen molar-refractivity contribution in [1.82, 2.24) is 0 Å². The maximum atomic E-state index is 13.3. The molecule has 220 valence electrons. The molecule has 0 unspecified atom stereocenters. The highest BCUT2D eigenvalue weighted by Gasteiger charge is 2.67. The molecule has 0 amide bonds. The standard InChI is InChI=1S/C35H45NO5/c1-23(38)35(41-24(2)39)18-17-32-30-15-11-26-21-28(40)14-16-29(26)33(30)31(22-34(32,35)3)25-9-12-27(13-10-25)36(4)19-7-5-6-8-20-37/h9-10,12-13,20-21,30-32H,5-8,11,14-19,22H2,1-4H3/t30-,31+,32-,34-,35-/m0/s1. The second kappa shape index (κ2) is 11.7. The van der Waals surface area contributed by atoms with E-state index in [0.29, 0.717) is 25.2 Å². The molecule has 4 aliphatic rings. The minimum absolute atomic E-state index is 0.0441. The summed E-state index contributed by atoms with van der Waals surface area (Å²) < 4.78 is 6.04. The zero-order valence-corrected chi connectivity index (χ0v) is 25.2. The minimum atomic E-state index is -1.10. The molecule has 0 aliphatic heterocycles. The van der Waals surface area contributed by atoms with Crippen LogP contribution in [0.25, 0.3) is 0 Å². The predicted octanol–water partition coefficient (Wildman–Crippen LogP) is 6.67. The Morgan fingerprint density at radius 3 is 2.49 bits per heavy atom. The normalized spacial score (nSPS) is 30.6. The number of benzene rings is 1. The monoisotopic (exact) mass is 559 g/mol. The Morgan fingerprint density at radius 2 is 1.80 bits per heavy atom. The van der Waals surface area contributed by atoms with E-state index in [4.69, 9.17) is 4.74 Å². The van der Waals surface area contributed by atoms with Gasteiger partial charge in [-0.3, -0.25) is 14.4 Å². The number of Topliss-reactive ketones (excluding diaryl/α,β-unsaturated/α-hetero) is 1. The van der Waals surface area contributed by atoms with Gasteiger partial charge >= 0.3 is 5.97 Å². The van der Waals surface area contributed by atoms with Crippen LogP contribution in [-0.2, 0) is 23.9 Å². The van der Waals surface area contributed by atoms with Gasteiger partial charge in [-0.15, -0.1) is 0 Å². The first-order valence-corrected chi connectivity index (χ1v) is 15.5. The van der Waals surface area contributed by atoms with Crippen molar-refractivity contribution in [2.75, 3.05) is 18.5 Å². The van der Waals surface area contributed by atoms with Crippen molar-refractivity contribution >= 4 is 29.5 Å². The summed E-state index contributed by atoms with van der Waals surface area (Å²) >= 11 is 0. The average molecular weight is 560 g/mol. The fourth-order valence-electron chi connectivity index (χ4n) is 8.85. The van der Waals surface area contributed by atoms with Gasteiger partial charge < -0.3 is 14.4 Å². The maximum absolute atomic E-state index is 13.3. The van der Waals surface area contributed by atoms with E-state index in [1.807, 2.05) is 6.08 Å². The Balaban J connectivity index is 1.52. The molecule has 5 atom stereocenters. The van der Waals surface area contributed by atoms with Crippen LogP contribution in [0.5, 0.6) is 0 Å². The van der Waals surface area contributed by atoms with Crippen molar-refractivity contribution < 1.29 is 23.9 Å². The van der Waals surface area contributed by atoms with Gasteiger partial charge in [-0.1, -0.05) is 31.1 Å². The third-order valence-corrected chi connectivity index (χ3v) is 10.8. The SMILES string of the molecule is CC(=O)O[C@]1(C(C)=O)CC[C@H]2[C@@H]3CCC4=CC(=O)CCC4=C3[C@@H](c3ccc(N(C)CCCCCC=O)cc3)C[C@@]21C. The Hall–Kier alpha value is -3.02. The summed E-state index contributed by atoms with van der Waals surface area (Å²) in [4.78, 5) is 50.9. The molecule has 0 spiro atoms. The first kappa shape index (κ1) is 29.5. The molecule has 6 nitrogen and oxygen atoms in total. The molecule has 2 fully saturated rings. The number of rotatable bonds is 10. The van der Waals surface area contributed by atoms with E-state index in [9.17, 15) is 19.2 Å². The Kier molecular flexibility index (Phi) is 8.41. The number of carbonyl (C=O) groups is 4. The van der Waals surface area contributed by atoms with E-state index in [0.717, 1.165) is 69.9 Å². The summed E-state index contributed by atoms with van der Waals surface area (Å²) in [6.45, 7) is 6.15. The van der Waals surface area contributed by atoms with Gasteiger partial charge in [-0.2, -0.15) is 0 Å². The number of unbranched alkanes of at least 4 members (excludes halogenated alkanes) is 3. The van der Waals surface area contributed by atoms with E-state index >= 15 is 0 Å². The lowest BCUT2D eigenvalue weighted by Gasteiger charge is -2.55. The molecule has 41 heavy (non-hydrogen) atoms. The van der Waals surface area contributed by atoms with Gasteiger partial charge in [0, 0.05) is 50.4 Å². The van der Waals surface area contributed by atoms with Crippen LogP contribution in [0.4, 0.5) is 5.69 Å². The van der Waals surface area contributed by atoms with Crippen molar-refractivity contribution in [2.45, 2.75) is 103 Å². The van der Waals surface area contributed by atoms with Gasteiger partial charge in [0.05, 0.1) is 0 Å². The quantitative estimate of drug-likeness (QED) is 0.181. The van der Waals surface area contributed by atoms with Crippen LogP contribution in [0.15, 0.2) is 47.1 Å². The zero-order chi connectivity index (χ0) is 29.4. The number of ether oxygens (including phenoxy) is 1. The van der Waals surface area contributed by atoms with Crippen LogP contribution in [0.2, 0.25) is 0 Å². The molecule has 4 aliphatic carbocycles. The van der Waals surface area contributed by atoms with Crippen molar-refractivity contribution in [3.8, 4) is 0 Å². The summed E-state index contributed by atoms with van der Waals surface area (Å²) in [6, 6.07) is 8.86. The van der Waals surface area contributed by atoms with Crippen LogP contribution in [0, 0.1) is 17.3 Å². The van der Waals surface area contributed by atoms with Gasteiger partial charge in [0.25, 0.3) is 0 Å². The molecule has 2 saturated carbocycles. The van der Waals surface area contributed by atoms with Crippen molar-refractivity contribution in [2.24, 2.45) is 17.3 Å². The lowest BCUT2D eigenvalue weighted by atomic mass is 9.50.